The van der Waals surface area contributed by atoms with Crippen LogP contribution in [0.2, 0.25) is 0 Å². The standard InChI is InChI=1S/C68H115NO8/c1-6-8-10-12-14-16-18-20-22-24-26-28-30-32-33-35-37-39-41-43-45-47-49-51-53-55-57-59-66(71)77-64(63-76-68(67(72)73)74-61-60-69(3,4)5)62-75-65(70)58-56-54-52-50-48-46-44-42-40-38-36-34-31-29-27-25-23-21-19-17-15-13-11-9-7-2/h8,10,14,16,19-22,25-28,31-34,37,39,64,68H,6-7,9,11-13,15,17-18,23-24,29-30,35-36,38,40-63H2,1-5H3/b10-8-,16-14-,21-19-,22-20-,27-25-,28-26-,33-32-,34-31-,39-37-. The van der Waals surface area contributed by atoms with Crippen LogP contribution >= 0.6 is 0 Å². The zero-order chi connectivity index (χ0) is 56.2. The highest BCUT2D eigenvalue weighted by Gasteiger charge is 2.22. The molecule has 0 rings (SSSR count). The van der Waals surface area contributed by atoms with Crippen molar-refractivity contribution in [2.75, 3.05) is 47.5 Å². The average Bonchev–Trinajstić information content (AvgIpc) is 3.40. The zero-order valence-corrected chi connectivity index (χ0v) is 50.0. The van der Waals surface area contributed by atoms with E-state index in [9.17, 15) is 19.5 Å². The number of hydrogen-bond donors (Lipinski definition) is 0. The Morgan fingerprint density at radius 3 is 1.10 bits per heavy atom. The number of ether oxygens (including phenoxy) is 4. The predicted octanol–water partition coefficient (Wildman–Crippen LogP) is 17.3. The Balaban J connectivity index is 4.27. The summed E-state index contributed by atoms with van der Waals surface area (Å²) < 4.78 is 22.7. The van der Waals surface area contributed by atoms with E-state index in [-0.39, 0.29) is 38.6 Å². The van der Waals surface area contributed by atoms with Crippen LogP contribution in [-0.4, -0.2) is 82.3 Å². The van der Waals surface area contributed by atoms with Crippen molar-refractivity contribution in [1.29, 1.82) is 0 Å². The van der Waals surface area contributed by atoms with Gasteiger partial charge < -0.3 is 33.3 Å². The van der Waals surface area contributed by atoms with Crippen molar-refractivity contribution < 1.29 is 42.9 Å². The van der Waals surface area contributed by atoms with Crippen LogP contribution in [0.3, 0.4) is 0 Å². The predicted molar refractivity (Wildman–Crippen MR) is 324 cm³/mol. The Bertz CT molecular complexity index is 1630. The number of esters is 2. The van der Waals surface area contributed by atoms with E-state index in [0.29, 0.717) is 17.4 Å². The van der Waals surface area contributed by atoms with Gasteiger partial charge in [-0.1, -0.05) is 239 Å². The van der Waals surface area contributed by atoms with Gasteiger partial charge in [0.1, 0.15) is 13.2 Å². The van der Waals surface area contributed by atoms with E-state index >= 15 is 0 Å². The minimum atomic E-state index is -1.63. The molecule has 0 saturated heterocycles. The Hall–Kier alpha value is -4.05. The molecule has 0 amide bonds. The van der Waals surface area contributed by atoms with Gasteiger partial charge in [-0.05, 0) is 103 Å². The van der Waals surface area contributed by atoms with Crippen molar-refractivity contribution in [3.63, 3.8) is 0 Å². The third-order valence-corrected chi connectivity index (χ3v) is 13.0. The van der Waals surface area contributed by atoms with Gasteiger partial charge in [-0.25, -0.2) is 0 Å². The maximum atomic E-state index is 12.9. The smallest absolute Gasteiger partial charge is 0.306 e. The van der Waals surface area contributed by atoms with E-state index in [2.05, 4.69) is 123 Å². The van der Waals surface area contributed by atoms with Gasteiger partial charge in [0.05, 0.1) is 40.3 Å². The fourth-order valence-corrected chi connectivity index (χ4v) is 8.25. The normalized spacial score (nSPS) is 13.5. The van der Waals surface area contributed by atoms with Crippen molar-refractivity contribution >= 4 is 17.9 Å². The van der Waals surface area contributed by atoms with Crippen LogP contribution < -0.4 is 5.11 Å². The molecule has 2 unspecified atom stereocenters. The first-order valence-corrected chi connectivity index (χ1v) is 31.0. The van der Waals surface area contributed by atoms with Crippen molar-refractivity contribution in [2.24, 2.45) is 0 Å². The molecule has 9 nitrogen and oxygen atoms in total. The largest absolute Gasteiger partial charge is 0.545 e. The summed E-state index contributed by atoms with van der Waals surface area (Å²) in [5.74, 6) is -2.31. The number of carboxylic acid groups (broad SMARTS) is 1. The van der Waals surface area contributed by atoms with E-state index in [4.69, 9.17) is 18.9 Å². The molecule has 0 bridgehead atoms. The molecule has 0 aromatic heterocycles. The molecule has 0 aromatic carbocycles. The van der Waals surface area contributed by atoms with E-state index in [1.807, 2.05) is 21.1 Å². The number of rotatable bonds is 56. The Labute approximate surface area is 473 Å². The highest BCUT2D eigenvalue weighted by molar-refractivity contribution is 5.70. The van der Waals surface area contributed by atoms with Gasteiger partial charge in [0.15, 0.2) is 12.4 Å². The van der Waals surface area contributed by atoms with Crippen molar-refractivity contribution in [2.45, 2.75) is 257 Å². The SMILES string of the molecule is CC/C=C\C/C=C\C/C=C\C/C=C\C/C=C\C/C=C\CCCCCCCCCCC(=O)OC(COC(=O)CCCCCCCCCCCC/C=C\C/C=C\C/C=C\CCCCCCC)COC(OCC[N+](C)(C)C)C(=O)[O-]. The van der Waals surface area contributed by atoms with Gasteiger partial charge in [-0.2, -0.15) is 0 Å². The first-order valence-electron chi connectivity index (χ1n) is 31.0. The van der Waals surface area contributed by atoms with E-state index in [1.165, 1.54) is 103 Å². The molecule has 0 aliphatic rings. The second-order valence-corrected chi connectivity index (χ2v) is 21.6. The summed E-state index contributed by atoms with van der Waals surface area (Å²) in [7, 11) is 5.91. The summed E-state index contributed by atoms with van der Waals surface area (Å²) in [5, 5.41) is 11.8. The minimum Gasteiger partial charge on any atom is -0.545 e. The summed E-state index contributed by atoms with van der Waals surface area (Å²) in [4.78, 5) is 37.4. The van der Waals surface area contributed by atoms with Crippen molar-refractivity contribution in [1.82, 2.24) is 0 Å². The molecule has 2 atom stereocenters. The summed E-state index contributed by atoms with van der Waals surface area (Å²) in [6.07, 6.45) is 77.0. The zero-order valence-electron chi connectivity index (χ0n) is 50.0. The molecular weight excluding hydrogens is 959 g/mol. The third-order valence-electron chi connectivity index (χ3n) is 13.0. The number of carbonyl (C=O) groups is 3. The lowest BCUT2D eigenvalue weighted by molar-refractivity contribution is -0.870. The van der Waals surface area contributed by atoms with Crippen LogP contribution in [-0.2, 0) is 33.3 Å². The Morgan fingerprint density at radius 1 is 0.403 bits per heavy atom. The molecule has 0 aliphatic heterocycles. The maximum Gasteiger partial charge on any atom is 0.306 e. The van der Waals surface area contributed by atoms with Crippen LogP contribution in [0.1, 0.15) is 245 Å². The summed E-state index contributed by atoms with van der Waals surface area (Å²) in [6, 6.07) is 0. The number of nitrogens with zero attached hydrogens (tertiary/aromatic N) is 1. The van der Waals surface area contributed by atoms with Gasteiger partial charge in [0.25, 0.3) is 0 Å². The van der Waals surface area contributed by atoms with Gasteiger partial charge in [-0.15, -0.1) is 0 Å². The molecule has 0 fully saturated rings. The number of carboxylic acids is 1. The first-order chi connectivity index (χ1) is 37.6. The summed E-state index contributed by atoms with van der Waals surface area (Å²) in [6.45, 7) is 4.61. The molecule has 0 aliphatic carbocycles. The van der Waals surface area contributed by atoms with Crippen LogP contribution in [0.25, 0.3) is 0 Å². The second-order valence-electron chi connectivity index (χ2n) is 21.6. The van der Waals surface area contributed by atoms with Crippen molar-refractivity contribution in [3.05, 3.63) is 109 Å². The molecule has 440 valence electrons. The Kier molecular flexibility index (Phi) is 55.1. The minimum absolute atomic E-state index is 0.140. The number of quaternary nitrogens is 1. The molecule has 0 aromatic rings. The second kappa shape index (κ2) is 58.1. The summed E-state index contributed by atoms with van der Waals surface area (Å²) in [5.41, 5.74) is 0. The molecule has 0 N–H and O–H groups in total. The van der Waals surface area contributed by atoms with E-state index in [1.54, 1.807) is 0 Å². The van der Waals surface area contributed by atoms with E-state index < -0.39 is 24.3 Å². The van der Waals surface area contributed by atoms with Crippen LogP contribution in [0.15, 0.2) is 109 Å². The van der Waals surface area contributed by atoms with Crippen molar-refractivity contribution in [3.8, 4) is 0 Å². The lowest BCUT2D eigenvalue weighted by Crippen LogP contribution is -2.44. The van der Waals surface area contributed by atoms with Crippen LogP contribution in [0.5, 0.6) is 0 Å². The molecule has 77 heavy (non-hydrogen) atoms. The molecule has 0 heterocycles. The number of carbonyl (C=O) groups excluding carboxylic acids is 3. The fourth-order valence-electron chi connectivity index (χ4n) is 8.25. The fraction of sp³-hybridized carbons (Fsp3) is 0.691. The number of unbranched alkanes of at least 4 members (excludes halogenated alkanes) is 23. The van der Waals surface area contributed by atoms with Gasteiger partial charge in [0.2, 0.25) is 0 Å². The molecular formula is C68H115NO8. The molecule has 0 spiro atoms. The highest BCUT2D eigenvalue weighted by atomic mass is 16.7. The van der Waals surface area contributed by atoms with E-state index in [0.717, 1.165) is 109 Å². The van der Waals surface area contributed by atoms with Gasteiger partial charge in [-0.3, -0.25) is 9.59 Å². The van der Waals surface area contributed by atoms with Gasteiger partial charge >= 0.3 is 11.9 Å². The molecule has 0 radical (unpaired) electrons. The lowest BCUT2D eigenvalue weighted by atomic mass is 10.1. The Morgan fingerprint density at radius 2 is 0.740 bits per heavy atom. The van der Waals surface area contributed by atoms with Crippen LogP contribution in [0, 0.1) is 0 Å². The maximum absolute atomic E-state index is 12.9. The number of likely N-dealkylation sites (N-methyl/N-ethyl adjacent to an activating group) is 1. The van der Waals surface area contributed by atoms with Gasteiger partial charge in [0, 0.05) is 12.8 Å². The summed E-state index contributed by atoms with van der Waals surface area (Å²) >= 11 is 0. The quantitative estimate of drug-likeness (QED) is 0.0195. The number of hydrogen-bond acceptors (Lipinski definition) is 8. The lowest BCUT2D eigenvalue weighted by Gasteiger charge is -2.26. The average molecular weight is 1070 g/mol. The number of allylic oxidation sites excluding steroid dienone is 18. The monoisotopic (exact) mass is 1070 g/mol. The van der Waals surface area contributed by atoms with Crippen LogP contribution in [0.4, 0.5) is 0 Å². The molecule has 0 saturated carbocycles. The highest BCUT2D eigenvalue weighted by Crippen LogP contribution is 2.15. The molecule has 9 heteroatoms. The first kappa shape index (κ1) is 73.0. The topological polar surface area (TPSA) is 111 Å². The number of aliphatic carboxylic acids is 1. The third kappa shape index (κ3) is 59.5.